The summed E-state index contributed by atoms with van der Waals surface area (Å²) in [5.74, 6) is 1.03. The van der Waals surface area contributed by atoms with Crippen LogP contribution in [0.2, 0.25) is 0 Å². The van der Waals surface area contributed by atoms with E-state index in [1.807, 2.05) is 36.4 Å². The first-order chi connectivity index (χ1) is 12.1. The van der Waals surface area contributed by atoms with Crippen molar-refractivity contribution >= 4 is 28.1 Å². The minimum absolute atomic E-state index is 0.329. The van der Waals surface area contributed by atoms with E-state index in [-0.39, 0.29) is 5.91 Å². The molecule has 2 rings (SSSR count). The Bertz CT molecular complexity index is 727. The molecule has 1 amide bonds. The summed E-state index contributed by atoms with van der Waals surface area (Å²) in [7, 11) is 0. The maximum Gasteiger partial charge on any atom is 0.280 e. The van der Waals surface area contributed by atoms with Crippen LogP contribution in [0.1, 0.15) is 12.5 Å². The molecule has 0 aliphatic carbocycles. The summed E-state index contributed by atoms with van der Waals surface area (Å²) in [6.07, 6.45) is 2.58. The summed E-state index contributed by atoms with van der Waals surface area (Å²) in [5.41, 5.74) is 3.30. The third-order valence-corrected chi connectivity index (χ3v) is 3.66. The van der Waals surface area contributed by atoms with E-state index in [4.69, 9.17) is 9.47 Å². The molecule has 0 radical (unpaired) electrons. The van der Waals surface area contributed by atoms with Gasteiger partial charge in [-0.25, -0.2) is 5.43 Å². The summed E-state index contributed by atoms with van der Waals surface area (Å²) in [6.45, 7) is 5.72. The quantitative estimate of drug-likeness (QED) is 0.413. The second kappa shape index (κ2) is 9.64. The van der Waals surface area contributed by atoms with Gasteiger partial charge >= 0.3 is 0 Å². The van der Waals surface area contributed by atoms with Crippen molar-refractivity contribution in [2.75, 3.05) is 6.61 Å². The lowest BCUT2D eigenvalue weighted by Gasteiger charge is -2.12. The molecule has 130 valence electrons. The molecule has 2 aromatic carbocycles. The van der Waals surface area contributed by atoms with Gasteiger partial charge in [-0.1, -0.05) is 28.6 Å². The Morgan fingerprint density at radius 1 is 1.20 bits per heavy atom. The highest BCUT2D eigenvalue weighted by Crippen LogP contribution is 2.17. The SMILES string of the molecule is C=CCOc1ccc(/C=N\NC(=O)[C@@H](C)Oc2ccc(Br)cc2)cc1. The molecule has 6 heteroatoms. The number of hydrogen-bond acceptors (Lipinski definition) is 4. The Hall–Kier alpha value is -2.60. The van der Waals surface area contributed by atoms with Gasteiger partial charge < -0.3 is 9.47 Å². The second-order valence-corrected chi connectivity index (χ2v) is 6.03. The fourth-order valence-corrected chi connectivity index (χ4v) is 2.10. The Kier molecular flexibility index (Phi) is 7.22. The average molecular weight is 403 g/mol. The van der Waals surface area contributed by atoms with E-state index in [1.165, 1.54) is 0 Å². The zero-order chi connectivity index (χ0) is 18.1. The van der Waals surface area contributed by atoms with Gasteiger partial charge in [-0.15, -0.1) is 0 Å². The lowest BCUT2D eigenvalue weighted by molar-refractivity contribution is -0.127. The molecular weight excluding hydrogens is 384 g/mol. The van der Waals surface area contributed by atoms with Crippen LogP contribution >= 0.6 is 15.9 Å². The lowest BCUT2D eigenvalue weighted by atomic mass is 10.2. The number of carbonyl (C=O) groups is 1. The van der Waals surface area contributed by atoms with Crippen molar-refractivity contribution in [3.8, 4) is 11.5 Å². The zero-order valence-corrected chi connectivity index (χ0v) is 15.4. The molecule has 0 aliphatic heterocycles. The maximum absolute atomic E-state index is 12.0. The molecule has 0 saturated carbocycles. The summed E-state index contributed by atoms with van der Waals surface area (Å²) in [6, 6.07) is 14.6. The molecule has 2 aromatic rings. The van der Waals surface area contributed by atoms with E-state index in [0.717, 1.165) is 15.8 Å². The summed E-state index contributed by atoms with van der Waals surface area (Å²) < 4.78 is 11.9. The summed E-state index contributed by atoms with van der Waals surface area (Å²) in [5, 5.41) is 3.94. The number of amides is 1. The molecule has 0 bridgehead atoms. The van der Waals surface area contributed by atoms with E-state index in [0.29, 0.717) is 12.4 Å². The predicted molar refractivity (Wildman–Crippen MR) is 102 cm³/mol. The van der Waals surface area contributed by atoms with Crippen molar-refractivity contribution in [2.24, 2.45) is 5.10 Å². The minimum Gasteiger partial charge on any atom is -0.490 e. The number of hydrazone groups is 1. The van der Waals surface area contributed by atoms with Gasteiger partial charge in [0.25, 0.3) is 5.91 Å². The third-order valence-electron chi connectivity index (χ3n) is 3.13. The molecule has 1 atom stereocenters. The van der Waals surface area contributed by atoms with Crippen molar-refractivity contribution in [2.45, 2.75) is 13.0 Å². The molecule has 0 heterocycles. The molecule has 5 nitrogen and oxygen atoms in total. The van der Waals surface area contributed by atoms with Crippen molar-refractivity contribution < 1.29 is 14.3 Å². The molecule has 0 unspecified atom stereocenters. The van der Waals surface area contributed by atoms with Gasteiger partial charge in [-0.05, 0) is 61.0 Å². The maximum atomic E-state index is 12.0. The van der Waals surface area contributed by atoms with Crippen LogP contribution in [-0.4, -0.2) is 24.8 Å². The fraction of sp³-hybridized carbons (Fsp3) is 0.158. The highest BCUT2D eigenvalue weighted by atomic mass is 79.9. The van der Waals surface area contributed by atoms with E-state index < -0.39 is 6.10 Å². The number of carbonyl (C=O) groups excluding carboxylic acids is 1. The van der Waals surface area contributed by atoms with Crippen LogP contribution in [-0.2, 0) is 4.79 Å². The second-order valence-electron chi connectivity index (χ2n) is 5.12. The molecule has 0 aromatic heterocycles. The zero-order valence-electron chi connectivity index (χ0n) is 13.8. The number of benzene rings is 2. The highest BCUT2D eigenvalue weighted by molar-refractivity contribution is 9.10. The third kappa shape index (κ3) is 6.43. The van der Waals surface area contributed by atoms with Gasteiger partial charge in [-0.2, -0.15) is 5.10 Å². The molecule has 0 aliphatic rings. The normalized spacial score (nSPS) is 11.8. The first-order valence-corrected chi connectivity index (χ1v) is 8.46. The Morgan fingerprint density at radius 3 is 2.48 bits per heavy atom. The monoisotopic (exact) mass is 402 g/mol. The smallest absolute Gasteiger partial charge is 0.280 e. The van der Waals surface area contributed by atoms with Crippen LogP contribution in [0.15, 0.2) is 70.8 Å². The van der Waals surface area contributed by atoms with Gasteiger partial charge in [0.1, 0.15) is 18.1 Å². The first-order valence-electron chi connectivity index (χ1n) is 7.67. The molecule has 1 N–H and O–H groups in total. The van der Waals surface area contributed by atoms with Gasteiger partial charge in [0, 0.05) is 4.47 Å². The standard InChI is InChI=1S/C19H19BrN2O3/c1-3-12-24-17-8-4-15(5-9-17)13-21-22-19(23)14(2)25-18-10-6-16(20)7-11-18/h3-11,13-14H,1,12H2,2H3,(H,22,23)/b21-13-/t14-/m1/s1. The van der Waals surface area contributed by atoms with Crippen molar-refractivity contribution in [3.05, 3.63) is 71.2 Å². The van der Waals surface area contributed by atoms with Crippen LogP contribution in [0.25, 0.3) is 0 Å². The Morgan fingerprint density at radius 2 is 1.84 bits per heavy atom. The summed E-state index contributed by atoms with van der Waals surface area (Å²) >= 11 is 3.35. The number of hydrogen-bond donors (Lipinski definition) is 1. The minimum atomic E-state index is -0.659. The van der Waals surface area contributed by atoms with Crippen molar-refractivity contribution in [1.82, 2.24) is 5.43 Å². The van der Waals surface area contributed by atoms with Gasteiger partial charge in [0.05, 0.1) is 6.21 Å². The molecule has 0 spiro atoms. The topological polar surface area (TPSA) is 59.9 Å². The number of halogens is 1. The number of nitrogens with zero attached hydrogens (tertiary/aromatic N) is 1. The Balaban J connectivity index is 1.82. The van der Waals surface area contributed by atoms with Crippen LogP contribution < -0.4 is 14.9 Å². The number of rotatable bonds is 8. The largest absolute Gasteiger partial charge is 0.490 e. The molecule has 25 heavy (non-hydrogen) atoms. The van der Waals surface area contributed by atoms with Gasteiger partial charge in [-0.3, -0.25) is 4.79 Å². The lowest BCUT2D eigenvalue weighted by Crippen LogP contribution is -2.33. The first kappa shape index (κ1) is 18.7. The molecule has 0 saturated heterocycles. The number of nitrogens with one attached hydrogen (secondary N) is 1. The van der Waals surface area contributed by atoms with E-state index >= 15 is 0 Å². The van der Waals surface area contributed by atoms with Crippen LogP contribution in [0.4, 0.5) is 0 Å². The van der Waals surface area contributed by atoms with Crippen molar-refractivity contribution in [3.63, 3.8) is 0 Å². The van der Waals surface area contributed by atoms with E-state index in [1.54, 1.807) is 31.3 Å². The predicted octanol–water partition coefficient (Wildman–Crippen LogP) is 3.93. The van der Waals surface area contributed by atoms with Crippen LogP contribution in [0, 0.1) is 0 Å². The van der Waals surface area contributed by atoms with Crippen LogP contribution in [0.5, 0.6) is 11.5 Å². The van der Waals surface area contributed by atoms with Crippen LogP contribution in [0.3, 0.4) is 0 Å². The average Bonchev–Trinajstić information content (AvgIpc) is 2.62. The summed E-state index contributed by atoms with van der Waals surface area (Å²) in [4.78, 5) is 12.0. The van der Waals surface area contributed by atoms with E-state index in [9.17, 15) is 4.79 Å². The number of ether oxygens (including phenoxy) is 2. The molecular formula is C19H19BrN2O3. The Labute approximate surface area is 155 Å². The van der Waals surface area contributed by atoms with Gasteiger partial charge in [0.15, 0.2) is 6.10 Å². The van der Waals surface area contributed by atoms with E-state index in [2.05, 4.69) is 33.0 Å². The fourth-order valence-electron chi connectivity index (χ4n) is 1.84. The highest BCUT2D eigenvalue weighted by Gasteiger charge is 2.13. The van der Waals surface area contributed by atoms with Gasteiger partial charge in [0.2, 0.25) is 0 Å². The van der Waals surface area contributed by atoms with Crippen molar-refractivity contribution in [1.29, 1.82) is 0 Å². The molecule has 0 fully saturated rings.